The highest BCUT2D eigenvalue weighted by Crippen LogP contribution is 2.38. The molecule has 2 saturated heterocycles. The van der Waals surface area contributed by atoms with Gasteiger partial charge in [-0.2, -0.15) is 0 Å². The first-order valence-electron chi connectivity index (χ1n) is 15.4. The molecule has 2 aromatic rings. The number of benzene rings is 1. The van der Waals surface area contributed by atoms with Crippen LogP contribution in [-0.4, -0.2) is 65.3 Å². The van der Waals surface area contributed by atoms with Gasteiger partial charge in [0.1, 0.15) is 5.75 Å². The van der Waals surface area contributed by atoms with Gasteiger partial charge in [0.05, 0.1) is 23.8 Å². The summed E-state index contributed by atoms with van der Waals surface area (Å²) >= 11 is 0. The highest BCUT2D eigenvalue weighted by Gasteiger charge is 2.41. The number of nitrogens with one attached hydrogen (secondary N) is 1. The van der Waals surface area contributed by atoms with E-state index >= 15 is 0 Å². The number of hydrogen-bond donors (Lipinski definition) is 1. The van der Waals surface area contributed by atoms with E-state index in [1.54, 1.807) is 6.92 Å². The predicted octanol–water partition coefficient (Wildman–Crippen LogP) is 4.62. The minimum Gasteiger partial charge on any atom is -0.493 e. The summed E-state index contributed by atoms with van der Waals surface area (Å²) in [5, 5.41) is 3.18. The van der Waals surface area contributed by atoms with Gasteiger partial charge in [-0.05, 0) is 81.5 Å². The lowest BCUT2D eigenvalue weighted by Crippen LogP contribution is -2.50. The van der Waals surface area contributed by atoms with Gasteiger partial charge >= 0.3 is 0 Å². The van der Waals surface area contributed by atoms with Crippen LogP contribution >= 0.6 is 0 Å². The number of aryl methyl sites for hydroxylation is 2. The number of rotatable bonds is 4. The van der Waals surface area contributed by atoms with Crippen LogP contribution in [0.15, 0.2) is 42.5 Å². The number of ether oxygens (including phenoxy) is 1. The van der Waals surface area contributed by atoms with Crippen LogP contribution in [0.4, 0.5) is 0 Å². The quantitative estimate of drug-likeness (QED) is 0.589. The van der Waals surface area contributed by atoms with Gasteiger partial charge in [0, 0.05) is 45.2 Å². The van der Waals surface area contributed by atoms with Crippen molar-refractivity contribution in [2.24, 2.45) is 5.41 Å². The Morgan fingerprint density at radius 3 is 2.66 bits per heavy atom. The second kappa shape index (κ2) is 13.5. The van der Waals surface area contributed by atoms with Gasteiger partial charge < -0.3 is 19.9 Å². The molecule has 0 saturated carbocycles. The minimum absolute atomic E-state index is 0.0326. The van der Waals surface area contributed by atoms with Crippen LogP contribution in [0.25, 0.3) is 0 Å². The molecule has 8 heteroatoms. The Balaban J connectivity index is 1.15. The first kappa shape index (κ1) is 29.1. The summed E-state index contributed by atoms with van der Waals surface area (Å²) in [6.45, 7) is 4.80. The van der Waals surface area contributed by atoms with E-state index in [-0.39, 0.29) is 23.8 Å². The molecule has 1 N–H and O–H groups in total. The van der Waals surface area contributed by atoms with Gasteiger partial charge in [0.25, 0.3) is 0 Å². The van der Waals surface area contributed by atoms with Crippen LogP contribution < -0.4 is 10.1 Å². The molecule has 1 aromatic heterocycles. The zero-order valence-electron chi connectivity index (χ0n) is 24.4. The molecule has 0 radical (unpaired) electrons. The fraction of sp³-hybridized carbons (Fsp3) is 0.576. The zero-order valence-corrected chi connectivity index (χ0v) is 24.4. The average molecular weight is 561 g/mol. The largest absolute Gasteiger partial charge is 0.493 e. The third-order valence-electron chi connectivity index (χ3n) is 9.17. The molecule has 0 bridgehead atoms. The molecular weight excluding hydrogens is 516 g/mol. The molecular formula is C33H44N4O4. The van der Waals surface area contributed by atoms with E-state index in [2.05, 4.69) is 17.4 Å². The molecule has 41 heavy (non-hydrogen) atoms. The van der Waals surface area contributed by atoms with E-state index in [9.17, 15) is 14.4 Å². The van der Waals surface area contributed by atoms with Crippen LogP contribution in [0.1, 0.15) is 87.7 Å². The van der Waals surface area contributed by atoms with Crippen molar-refractivity contribution >= 4 is 17.7 Å². The van der Waals surface area contributed by atoms with E-state index in [1.165, 1.54) is 5.56 Å². The number of aromatic nitrogens is 1. The van der Waals surface area contributed by atoms with Crippen molar-refractivity contribution in [1.29, 1.82) is 0 Å². The van der Waals surface area contributed by atoms with Crippen LogP contribution in [-0.2, 0) is 27.2 Å². The number of para-hydroxylation sites is 1. The first-order valence-corrected chi connectivity index (χ1v) is 15.4. The Morgan fingerprint density at radius 2 is 1.83 bits per heavy atom. The monoisotopic (exact) mass is 560 g/mol. The number of piperidine rings is 1. The Morgan fingerprint density at radius 1 is 1.00 bits per heavy atom. The van der Waals surface area contributed by atoms with Crippen LogP contribution in [0.3, 0.4) is 0 Å². The predicted molar refractivity (Wildman–Crippen MR) is 157 cm³/mol. The van der Waals surface area contributed by atoms with E-state index in [0.717, 1.165) is 68.6 Å². The molecule has 3 aliphatic heterocycles. The second-order valence-corrected chi connectivity index (χ2v) is 11.9. The summed E-state index contributed by atoms with van der Waals surface area (Å²) in [6, 6.07) is 14.2. The molecule has 1 aromatic carbocycles. The number of nitrogens with zero attached hydrogens (tertiary/aromatic N) is 3. The summed E-state index contributed by atoms with van der Waals surface area (Å²) in [7, 11) is 0. The first-order chi connectivity index (χ1) is 19.9. The van der Waals surface area contributed by atoms with Gasteiger partial charge in [-0.3, -0.25) is 19.4 Å². The van der Waals surface area contributed by atoms with Crippen molar-refractivity contribution in [2.45, 2.75) is 83.6 Å². The van der Waals surface area contributed by atoms with Gasteiger partial charge in [-0.15, -0.1) is 0 Å². The lowest BCUT2D eigenvalue weighted by atomic mass is 9.73. The lowest BCUT2D eigenvalue weighted by Gasteiger charge is -2.41. The summed E-state index contributed by atoms with van der Waals surface area (Å²) in [6.07, 6.45) is 8.84. The summed E-state index contributed by atoms with van der Waals surface area (Å²) in [5.74, 6) is 1.30. The van der Waals surface area contributed by atoms with Crippen LogP contribution in [0, 0.1) is 5.41 Å². The summed E-state index contributed by atoms with van der Waals surface area (Å²) < 4.78 is 6.00. The molecule has 4 heterocycles. The Bertz CT molecular complexity index is 1220. The van der Waals surface area contributed by atoms with Gasteiger partial charge in [0.15, 0.2) is 0 Å². The van der Waals surface area contributed by atoms with Gasteiger partial charge in [-0.1, -0.05) is 30.7 Å². The smallest absolute Gasteiger partial charge is 0.226 e. The average Bonchev–Trinajstić information content (AvgIpc) is 3.49. The fourth-order valence-electron chi connectivity index (χ4n) is 6.72. The number of carbonyl (C=O) groups excluding carboxylic acids is 3. The molecule has 1 unspecified atom stereocenters. The van der Waals surface area contributed by atoms with Crippen molar-refractivity contribution in [3.8, 4) is 5.75 Å². The number of pyridine rings is 1. The number of fused-ring (bicyclic) bond motifs is 1. The molecule has 3 aliphatic rings. The third-order valence-corrected chi connectivity index (χ3v) is 9.17. The minimum atomic E-state index is -0.412. The Labute approximate surface area is 243 Å². The highest BCUT2D eigenvalue weighted by molar-refractivity contribution is 5.83. The number of likely N-dealkylation sites (tertiary alicyclic amines) is 2. The number of amides is 3. The van der Waals surface area contributed by atoms with E-state index in [1.807, 2.05) is 40.1 Å². The van der Waals surface area contributed by atoms with Crippen molar-refractivity contribution in [3.63, 3.8) is 0 Å². The fourth-order valence-corrected chi connectivity index (χ4v) is 6.72. The second-order valence-electron chi connectivity index (χ2n) is 11.9. The summed E-state index contributed by atoms with van der Waals surface area (Å²) in [4.78, 5) is 47.3. The van der Waals surface area contributed by atoms with Crippen molar-refractivity contribution in [2.75, 3.05) is 32.8 Å². The maximum absolute atomic E-state index is 13.4. The van der Waals surface area contributed by atoms with Crippen LogP contribution in [0.5, 0.6) is 5.75 Å². The SMILES string of the molecule is CC(=O)N1CCCC1c1cccc(CCC(=O)N2CCC3(CCCCc4ccccc4OCCCNC3=O)CC2)n1. The van der Waals surface area contributed by atoms with E-state index in [0.29, 0.717) is 51.9 Å². The van der Waals surface area contributed by atoms with Crippen molar-refractivity contribution in [1.82, 2.24) is 20.1 Å². The molecule has 1 spiro atoms. The van der Waals surface area contributed by atoms with Gasteiger partial charge in [0.2, 0.25) is 17.7 Å². The molecule has 5 rings (SSSR count). The molecule has 0 aliphatic carbocycles. The van der Waals surface area contributed by atoms with Gasteiger partial charge in [-0.25, -0.2) is 0 Å². The third kappa shape index (κ3) is 7.08. The topological polar surface area (TPSA) is 91.8 Å². The number of carbonyl (C=O) groups is 3. The molecule has 1 atom stereocenters. The highest BCUT2D eigenvalue weighted by atomic mass is 16.5. The number of hydrogen-bond acceptors (Lipinski definition) is 5. The maximum atomic E-state index is 13.4. The van der Waals surface area contributed by atoms with E-state index in [4.69, 9.17) is 9.72 Å². The van der Waals surface area contributed by atoms with Crippen molar-refractivity contribution in [3.05, 3.63) is 59.4 Å². The van der Waals surface area contributed by atoms with E-state index < -0.39 is 5.41 Å². The molecule has 3 amide bonds. The zero-order chi connectivity index (χ0) is 28.7. The van der Waals surface area contributed by atoms with Crippen molar-refractivity contribution < 1.29 is 19.1 Å². The lowest BCUT2D eigenvalue weighted by molar-refractivity contribution is -0.141. The summed E-state index contributed by atoms with van der Waals surface area (Å²) in [5.41, 5.74) is 2.63. The maximum Gasteiger partial charge on any atom is 0.226 e. The molecule has 2 fully saturated rings. The standard InChI is InChI=1S/C33H44N4O4/c1-25(38)37-21-7-13-29(37)28-12-6-11-27(35-28)15-16-31(39)36-22-18-33(19-23-36)17-5-4-10-26-9-2-3-14-30(26)41-24-8-20-34-32(33)40/h2-3,6,9,11-12,14,29H,4-5,7-8,10,13,15-24H2,1H3,(H,34,40). The molecule has 8 nitrogen and oxygen atoms in total. The molecule has 220 valence electrons. The Hall–Kier alpha value is -3.42. The normalized spacial score (nSPS) is 21.6. The van der Waals surface area contributed by atoms with Crippen LogP contribution in [0.2, 0.25) is 0 Å². The Kier molecular flexibility index (Phi) is 9.57.